The minimum Gasteiger partial charge on any atom is -0.496 e. The zero-order chi connectivity index (χ0) is 15.7. The Morgan fingerprint density at radius 2 is 1.90 bits per heavy atom. The van der Waals surface area contributed by atoms with Crippen molar-refractivity contribution in [1.29, 1.82) is 0 Å². The molecule has 0 aliphatic rings. The van der Waals surface area contributed by atoms with Crippen LogP contribution in [0.1, 0.15) is 19.4 Å². The second-order valence-electron chi connectivity index (χ2n) is 4.88. The standard InChI is InChI=1S/C12H15F3N2O3/c1-11(2,10(16)12(13,14)15)8-6-7(17(18)19)4-5-9(8)20-3/h4-6,10H,16H2,1-3H3. The van der Waals surface area contributed by atoms with Crippen LogP contribution in [0.2, 0.25) is 0 Å². The summed E-state index contributed by atoms with van der Waals surface area (Å²) in [4.78, 5) is 10.1. The summed E-state index contributed by atoms with van der Waals surface area (Å²) >= 11 is 0. The molecule has 20 heavy (non-hydrogen) atoms. The average Bonchev–Trinajstić information content (AvgIpc) is 2.35. The monoisotopic (exact) mass is 292 g/mol. The van der Waals surface area contributed by atoms with E-state index in [1.165, 1.54) is 27.0 Å². The molecule has 112 valence electrons. The van der Waals surface area contributed by atoms with Crippen LogP contribution in [0.3, 0.4) is 0 Å². The molecule has 0 saturated carbocycles. The summed E-state index contributed by atoms with van der Waals surface area (Å²) in [5.41, 5.74) is 3.41. The molecule has 1 rings (SSSR count). The van der Waals surface area contributed by atoms with Crippen molar-refractivity contribution in [2.24, 2.45) is 5.73 Å². The highest BCUT2D eigenvalue weighted by Gasteiger charge is 2.48. The molecule has 1 atom stereocenters. The van der Waals surface area contributed by atoms with E-state index in [0.29, 0.717) is 0 Å². The third-order valence-electron chi connectivity index (χ3n) is 3.22. The first-order chi connectivity index (χ1) is 9.01. The quantitative estimate of drug-likeness (QED) is 0.683. The van der Waals surface area contributed by atoms with Gasteiger partial charge in [0.25, 0.3) is 5.69 Å². The third-order valence-corrected chi connectivity index (χ3v) is 3.22. The van der Waals surface area contributed by atoms with Gasteiger partial charge in [-0.2, -0.15) is 13.2 Å². The molecule has 0 fully saturated rings. The molecule has 0 aliphatic heterocycles. The molecule has 8 heteroatoms. The summed E-state index contributed by atoms with van der Waals surface area (Å²) < 4.78 is 43.5. The highest BCUT2D eigenvalue weighted by Crippen LogP contribution is 2.40. The molecule has 5 nitrogen and oxygen atoms in total. The van der Waals surface area contributed by atoms with Crippen molar-refractivity contribution in [2.75, 3.05) is 7.11 Å². The lowest BCUT2D eigenvalue weighted by Gasteiger charge is -2.34. The number of nitrogens with two attached hydrogens (primary N) is 1. The van der Waals surface area contributed by atoms with Gasteiger partial charge in [-0.25, -0.2) is 0 Å². The molecule has 0 radical (unpaired) electrons. The highest BCUT2D eigenvalue weighted by molar-refractivity contribution is 5.48. The maximum Gasteiger partial charge on any atom is 0.404 e. The number of non-ortho nitro benzene ring substituents is 1. The number of nitro groups is 1. The lowest BCUT2D eigenvalue weighted by atomic mass is 9.77. The van der Waals surface area contributed by atoms with Crippen molar-refractivity contribution in [3.8, 4) is 5.75 Å². The fraction of sp³-hybridized carbons (Fsp3) is 0.500. The number of nitrogens with zero attached hydrogens (tertiary/aromatic N) is 1. The second kappa shape index (κ2) is 5.28. The van der Waals surface area contributed by atoms with Crippen LogP contribution in [0.4, 0.5) is 18.9 Å². The van der Waals surface area contributed by atoms with Gasteiger partial charge in [0.15, 0.2) is 0 Å². The number of halogens is 3. The lowest BCUT2D eigenvalue weighted by molar-refractivity contribution is -0.385. The van der Waals surface area contributed by atoms with Crippen molar-refractivity contribution in [2.45, 2.75) is 31.5 Å². The number of ether oxygens (including phenoxy) is 1. The van der Waals surface area contributed by atoms with Crippen LogP contribution in [-0.2, 0) is 5.41 Å². The summed E-state index contributed by atoms with van der Waals surface area (Å²) in [6.07, 6.45) is -4.63. The minimum atomic E-state index is -4.63. The Labute approximate surface area is 113 Å². The summed E-state index contributed by atoms with van der Waals surface area (Å²) in [7, 11) is 1.28. The Balaban J connectivity index is 3.42. The summed E-state index contributed by atoms with van der Waals surface area (Å²) in [6.45, 7) is 2.54. The predicted molar refractivity (Wildman–Crippen MR) is 66.7 cm³/mol. The number of hydrogen-bond acceptors (Lipinski definition) is 4. The molecule has 0 amide bonds. The van der Waals surface area contributed by atoms with Gasteiger partial charge in [0.1, 0.15) is 11.8 Å². The van der Waals surface area contributed by atoms with Gasteiger partial charge >= 0.3 is 6.18 Å². The number of rotatable bonds is 4. The van der Waals surface area contributed by atoms with Crippen LogP contribution in [0.5, 0.6) is 5.75 Å². The molecule has 1 aromatic carbocycles. The van der Waals surface area contributed by atoms with Crippen LogP contribution in [-0.4, -0.2) is 24.3 Å². The van der Waals surface area contributed by atoms with Gasteiger partial charge in [0, 0.05) is 23.1 Å². The molecule has 1 aromatic rings. The maximum absolute atomic E-state index is 12.8. The Hall–Kier alpha value is -1.83. The molecule has 1 unspecified atom stereocenters. The van der Waals surface area contributed by atoms with E-state index in [-0.39, 0.29) is 17.0 Å². The van der Waals surface area contributed by atoms with E-state index in [1.54, 1.807) is 0 Å². The van der Waals surface area contributed by atoms with Gasteiger partial charge in [-0.1, -0.05) is 13.8 Å². The van der Waals surface area contributed by atoms with E-state index in [0.717, 1.165) is 12.1 Å². The van der Waals surface area contributed by atoms with Crippen LogP contribution in [0.15, 0.2) is 18.2 Å². The van der Waals surface area contributed by atoms with E-state index in [1.807, 2.05) is 0 Å². The van der Waals surface area contributed by atoms with Crippen molar-refractivity contribution in [3.63, 3.8) is 0 Å². The third kappa shape index (κ3) is 3.01. The van der Waals surface area contributed by atoms with E-state index in [2.05, 4.69) is 0 Å². The van der Waals surface area contributed by atoms with Gasteiger partial charge in [0.2, 0.25) is 0 Å². The first-order valence-corrected chi connectivity index (χ1v) is 5.67. The van der Waals surface area contributed by atoms with E-state index < -0.39 is 22.6 Å². The molecule has 2 N–H and O–H groups in total. The van der Waals surface area contributed by atoms with E-state index >= 15 is 0 Å². The lowest BCUT2D eigenvalue weighted by Crippen LogP contribution is -2.51. The zero-order valence-electron chi connectivity index (χ0n) is 11.2. The SMILES string of the molecule is COc1ccc([N+](=O)[O-])cc1C(C)(C)C(N)C(F)(F)F. The predicted octanol–water partition coefficient (Wildman–Crippen LogP) is 2.77. The number of hydrogen-bond donors (Lipinski definition) is 1. The Kier molecular flexibility index (Phi) is 4.28. The smallest absolute Gasteiger partial charge is 0.404 e. The Morgan fingerprint density at radius 1 is 1.35 bits per heavy atom. The van der Waals surface area contributed by atoms with Gasteiger partial charge in [-0.15, -0.1) is 0 Å². The minimum absolute atomic E-state index is 0.0408. The molecule has 0 bridgehead atoms. The van der Waals surface area contributed by atoms with Gasteiger partial charge < -0.3 is 10.5 Å². The fourth-order valence-corrected chi connectivity index (χ4v) is 1.89. The highest BCUT2D eigenvalue weighted by atomic mass is 19.4. The first kappa shape index (κ1) is 16.2. The Morgan fingerprint density at radius 3 is 2.30 bits per heavy atom. The normalized spacial score (nSPS) is 13.9. The number of nitro benzene ring substituents is 1. The van der Waals surface area contributed by atoms with E-state index in [9.17, 15) is 23.3 Å². The van der Waals surface area contributed by atoms with Crippen molar-refractivity contribution in [1.82, 2.24) is 0 Å². The molecule has 0 aliphatic carbocycles. The summed E-state index contributed by atoms with van der Waals surface area (Å²) in [6, 6.07) is 1.31. The maximum atomic E-state index is 12.8. The topological polar surface area (TPSA) is 78.4 Å². The van der Waals surface area contributed by atoms with Crippen molar-refractivity contribution < 1.29 is 22.8 Å². The van der Waals surface area contributed by atoms with Crippen LogP contribution < -0.4 is 10.5 Å². The summed E-state index contributed by atoms with van der Waals surface area (Å²) in [5, 5.41) is 10.8. The number of alkyl halides is 3. The molecule has 0 spiro atoms. The van der Waals surface area contributed by atoms with Crippen LogP contribution in [0, 0.1) is 10.1 Å². The van der Waals surface area contributed by atoms with Gasteiger partial charge in [-0.3, -0.25) is 10.1 Å². The largest absolute Gasteiger partial charge is 0.496 e. The zero-order valence-corrected chi connectivity index (χ0v) is 11.2. The molecule has 0 heterocycles. The van der Waals surface area contributed by atoms with Crippen LogP contribution in [0.25, 0.3) is 0 Å². The number of benzene rings is 1. The van der Waals surface area contributed by atoms with E-state index in [4.69, 9.17) is 10.5 Å². The molecule has 0 aromatic heterocycles. The second-order valence-corrected chi connectivity index (χ2v) is 4.88. The van der Waals surface area contributed by atoms with Crippen LogP contribution >= 0.6 is 0 Å². The fourth-order valence-electron chi connectivity index (χ4n) is 1.89. The first-order valence-electron chi connectivity index (χ1n) is 5.67. The van der Waals surface area contributed by atoms with Gasteiger partial charge in [0.05, 0.1) is 12.0 Å². The van der Waals surface area contributed by atoms with Gasteiger partial charge in [-0.05, 0) is 6.07 Å². The molecule has 0 saturated heterocycles. The summed E-state index contributed by atoms with van der Waals surface area (Å²) in [5.74, 6) is 0.125. The molecular weight excluding hydrogens is 277 g/mol. The number of methoxy groups -OCH3 is 1. The average molecular weight is 292 g/mol. The van der Waals surface area contributed by atoms with Crippen molar-refractivity contribution in [3.05, 3.63) is 33.9 Å². The molecular formula is C12H15F3N2O3. The Bertz CT molecular complexity index is 515. The van der Waals surface area contributed by atoms with Crippen molar-refractivity contribution >= 4 is 5.69 Å².